The third-order valence-corrected chi connectivity index (χ3v) is 2.91. The summed E-state index contributed by atoms with van der Waals surface area (Å²) in [5.41, 5.74) is 0. The molecule has 13 heavy (non-hydrogen) atoms. The van der Waals surface area contributed by atoms with E-state index in [2.05, 4.69) is 5.32 Å². The minimum Gasteiger partial charge on any atom is -0.392 e. The number of aliphatic hydroxyl groups is 1. The van der Waals surface area contributed by atoms with Crippen molar-refractivity contribution in [1.82, 2.24) is 5.32 Å². The van der Waals surface area contributed by atoms with Gasteiger partial charge in [0.1, 0.15) is 0 Å². The summed E-state index contributed by atoms with van der Waals surface area (Å²) in [5.74, 6) is 0. The summed E-state index contributed by atoms with van der Waals surface area (Å²) >= 11 is 7.39. The van der Waals surface area contributed by atoms with Crippen LogP contribution in [0.25, 0.3) is 0 Å². The van der Waals surface area contributed by atoms with E-state index in [1.807, 2.05) is 12.1 Å². The molecule has 0 saturated carbocycles. The second kappa shape index (κ2) is 5.60. The number of rotatable bonds is 5. The van der Waals surface area contributed by atoms with Gasteiger partial charge in [0, 0.05) is 18.0 Å². The van der Waals surface area contributed by atoms with Crippen LogP contribution in [0.4, 0.5) is 0 Å². The van der Waals surface area contributed by atoms with Gasteiger partial charge in [-0.1, -0.05) is 11.6 Å². The fraction of sp³-hybridized carbons (Fsp3) is 0.556. The minimum atomic E-state index is -0.271. The Hall–Kier alpha value is -0.0900. The van der Waals surface area contributed by atoms with E-state index in [1.165, 1.54) is 4.88 Å². The third-order valence-electron chi connectivity index (χ3n) is 1.62. The Labute approximate surface area is 87.5 Å². The molecule has 1 rings (SSSR count). The number of nitrogens with one attached hydrogen (secondary N) is 1. The van der Waals surface area contributed by atoms with Gasteiger partial charge in [0.05, 0.1) is 10.4 Å². The second-order valence-corrected chi connectivity index (χ2v) is 4.81. The van der Waals surface area contributed by atoms with Gasteiger partial charge in [-0.25, -0.2) is 0 Å². The quantitative estimate of drug-likeness (QED) is 0.742. The van der Waals surface area contributed by atoms with E-state index >= 15 is 0 Å². The molecule has 4 heteroatoms. The molecule has 0 aliphatic carbocycles. The van der Waals surface area contributed by atoms with Crippen LogP contribution in [0.5, 0.6) is 0 Å². The Kier molecular flexibility index (Phi) is 4.73. The molecule has 1 heterocycles. The van der Waals surface area contributed by atoms with Gasteiger partial charge in [0.25, 0.3) is 0 Å². The van der Waals surface area contributed by atoms with Crippen molar-refractivity contribution in [3.05, 3.63) is 21.3 Å². The van der Waals surface area contributed by atoms with Gasteiger partial charge in [-0.3, -0.25) is 0 Å². The van der Waals surface area contributed by atoms with Crippen molar-refractivity contribution in [1.29, 1.82) is 0 Å². The van der Waals surface area contributed by atoms with Gasteiger partial charge < -0.3 is 10.4 Å². The molecule has 1 aromatic rings. The van der Waals surface area contributed by atoms with Gasteiger partial charge in [0.2, 0.25) is 0 Å². The molecule has 0 aliphatic rings. The Morgan fingerprint density at radius 2 is 2.38 bits per heavy atom. The highest BCUT2D eigenvalue weighted by Crippen LogP contribution is 2.21. The predicted molar refractivity (Wildman–Crippen MR) is 57.6 cm³/mol. The van der Waals surface area contributed by atoms with Crippen molar-refractivity contribution in [3.63, 3.8) is 0 Å². The van der Waals surface area contributed by atoms with Crippen molar-refractivity contribution in [2.45, 2.75) is 19.4 Å². The van der Waals surface area contributed by atoms with Crippen molar-refractivity contribution < 1.29 is 5.11 Å². The number of aliphatic hydroxyl groups excluding tert-OH is 1. The fourth-order valence-electron chi connectivity index (χ4n) is 1.01. The maximum atomic E-state index is 8.97. The van der Waals surface area contributed by atoms with Crippen LogP contribution in [0.2, 0.25) is 4.34 Å². The molecule has 2 nitrogen and oxygen atoms in total. The van der Waals surface area contributed by atoms with Crippen LogP contribution < -0.4 is 5.32 Å². The van der Waals surface area contributed by atoms with Crippen molar-refractivity contribution in [2.75, 3.05) is 13.1 Å². The summed E-state index contributed by atoms with van der Waals surface area (Å²) in [6.07, 6.45) is 0.705. The number of hydrogen-bond donors (Lipinski definition) is 2. The van der Waals surface area contributed by atoms with Crippen molar-refractivity contribution >= 4 is 22.9 Å². The van der Waals surface area contributed by atoms with E-state index < -0.39 is 0 Å². The van der Waals surface area contributed by atoms with E-state index in [-0.39, 0.29) is 6.10 Å². The van der Waals surface area contributed by atoms with Crippen molar-refractivity contribution in [2.24, 2.45) is 0 Å². The van der Waals surface area contributed by atoms with Crippen LogP contribution in [-0.2, 0) is 6.42 Å². The lowest BCUT2D eigenvalue weighted by Crippen LogP contribution is -2.26. The van der Waals surface area contributed by atoms with Gasteiger partial charge >= 0.3 is 0 Å². The van der Waals surface area contributed by atoms with Gasteiger partial charge in [-0.2, -0.15) is 0 Å². The highest BCUT2D eigenvalue weighted by molar-refractivity contribution is 7.16. The molecule has 0 radical (unpaired) electrons. The Balaban J connectivity index is 2.13. The van der Waals surface area contributed by atoms with Crippen LogP contribution in [0, 0.1) is 0 Å². The van der Waals surface area contributed by atoms with Crippen LogP contribution in [0.15, 0.2) is 12.1 Å². The summed E-state index contributed by atoms with van der Waals surface area (Å²) in [6, 6.07) is 3.95. The van der Waals surface area contributed by atoms with E-state index in [0.717, 1.165) is 17.3 Å². The Bertz CT molecular complexity index is 250. The Morgan fingerprint density at radius 1 is 1.62 bits per heavy atom. The van der Waals surface area contributed by atoms with E-state index in [0.29, 0.717) is 6.54 Å². The summed E-state index contributed by atoms with van der Waals surface area (Å²) in [5, 5.41) is 12.1. The lowest BCUT2D eigenvalue weighted by atomic mass is 10.3. The number of thiophene rings is 1. The van der Waals surface area contributed by atoms with E-state index in [9.17, 15) is 0 Å². The smallest absolute Gasteiger partial charge is 0.0931 e. The summed E-state index contributed by atoms with van der Waals surface area (Å²) in [7, 11) is 0. The first-order chi connectivity index (χ1) is 6.18. The molecular formula is C9H14ClNOS. The molecule has 2 N–H and O–H groups in total. The summed E-state index contributed by atoms with van der Waals surface area (Å²) < 4.78 is 0.838. The van der Waals surface area contributed by atoms with Crippen LogP contribution in [0.1, 0.15) is 11.8 Å². The largest absolute Gasteiger partial charge is 0.392 e. The maximum absolute atomic E-state index is 8.97. The zero-order valence-corrected chi connectivity index (χ0v) is 9.16. The molecule has 0 fully saturated rings. The van der Waals surface area contributed by atoms with E-state index in [4.69, 9.17) is 16.7 Å². The van der Waals surface area contributed by atoms with Gasteiger partial charge in [0.15, 0.2) is 0 Å². The maximum Gasteiger partial charge on any atom is 0.0931 e. The Morgan fingerprint density at radius 3 is 2.92 bits per heavy atom. The molecule has 0 bridgehead atoms. The van der Waals surface area contributed by atoms with Gasteiger partial charge in [-0.15, -0.1) is 11.3 Å². The molecule has 1 aromatic heterocycles. The molecule has 1 unspecified atom stereocenters. The summed E-state index contributed by atoms with van der Waals surface area (Å²) in [4.78, 5) is 1.28. The van der Waals surface area contributed by atoms with Gasteiger partial charge in [-0.05, 0) is 25.5 Å². The standard InChI is InChI=1S/C9H14ClNOS/c1-7(12)6-11-5-4-8-2-3-9(10)13-8/h2-3,7,11-12H,4-6H2,1H3. The van der Waals surface area contributed by atoms with Crippen LogP contribution in [0.3, 0.4) is 0 Å². The van der Waals surface area contributed by atoms with E-state index in [1.54, 1.807) is 18.3 Å². The highest BCUT2D eigenvalue weighted by Gasteiger charge is 1.98. The topological polar surface area (TPSA) is 32.3 Å². The molecule has 1 atom stereocenters. The fourth-order valence-corrected chi connectivity index (χ4v) is 2.10. The normalized spacial score (nSPS) is 13.2. The molecular weight excluding hydrogens is 206 g/mol. The summed E-state index contributed by atoms with van der Waals surface area (Å²) in [6.45, 7) is 3.32. The van der Waals surface area contributed by atoms with Crippen LogP contribution in [-0.4, -0.2) is 24.3 Å². The molecule has 0 spiro atoms. The number of halogens is 1. The average molecular weight is 220 g/mol. The lowest BCUT2D eigenvalue weighted by molar-refractivity contribution is 0.192. The van der Waals surface area contributed by atoms with Crippen molar-refractivity contribution in [3.8, 4) is 0 Å². The number of hydrogen-bond acceptors (Lipinski definition) is 3. The predicted octanol–water partition coefficient (Wildman–Crippen LogP) is 1.91. The molecule has 0 saturated heterocycles. The molecule has 0 aliphatic heterocycles. The molecule has 0 amide bonds. The molecule has 0 aromatic carbocycles. The lowest BCUT2D eigenvalue weighted by Gasteiger charge is -2.05. The first-order valence-electron chi connectivity index (χ1n) is 4.31. The zero-order valence-electron chi connectivity index (χ0n) is 7.59. The van der Waals surface area contributed by atoms with Crippen LogP contribution >= 0.6 is 22.9 Å². The first kappa shape index (κ1) is 11.0. The first-order valence-corrected chi connectivity index (χ1v) is 5.51. The monoisotopic (exact) mass is 219 g/mol. The SMILES string of the molecule is CC(O)CNCCc1ccc(Cl)s1. The highest BCUT2D eigenvalue weighted by atomic mass is 35.5. The minimum absolute atomic E-state index is 0.271. The second-order valence-electron chi connectivity index (χ2n) is 3.01. The third kappa shape index (κ3) is 4.62. The average Bonchev–Trinajstić information content (AvgIpc) is 2.45. The zero-order chi connectivity index (χ0) is 9.68. The molecule has 74 valence electrons.